The Kier molecular flexibility index (Phi) is 6.46. The molecule has 3 rings (SSSR count). The number of para-hydroxylation sites is 1. The van der Waals surface area contributed by atoms with Crippen LogP contribution in [0.25, 0.3) is 0 Å². The highest BCUT2D eigenvalue weighted by Gasteiger charge is 2.19. The predicted octanol–water partition coefficient (Wildman–Crippen LogP) is 1.80. The van der Waals surface area contributed by atoms with Crippen LogP contribution in [0.1, 0.15) is 10.4 Å². The molecule has 0 radical (unpaired) electrons. The summed E-state index contributed by atoms with van der Waals surface area (Å²) in [6, 6.07) is 13.7. The number of carbonyl (C=O) groups is 3. The van der Waals surface area contributed by atoms with Crippen LogP contribution in [0.4, 0.5) is 17.1 Å². The summed E-state index contributed by atoms with van der Waals surface area (Å²) in [5.74, 6) is -2.29. The van der Waals surface area contributed by atoms with Crippen molar-refractivity contribution < 1.29 is 19.1 Å². The molecular formula is C21H24N4O4. The SMILES string of the molecule is COC(=O)c1ccccc1NC(=O)C(=O)Nc1ccc(N2CCN(C)CC2)cc1. The smallest absolute Gasteiger partial charge is 0.339 e. The number of nitrogens with one attached hydrogen (secondary N) is 2. The van der Waals surface area contributed by atoms with Gasteiger partial charge in [-0.3, -0.25) is 9.59 Å². The van der Waals surface area contributed by atoms with Crippen molar-refractivity contribution in [2.24, 2.45) is 0 Å². The van der Waals surface area contributed by atoms with E-state index in [-0.39, 0.29) is 11.3 Å². The number of methoxy groups -OCH3 is 1. The number of benzene rings is 2. The van der Waals surface area contributed by atoms with Crippen LogP contribution in [-0.2, 0) is 14.3 Å². The van der Waals surface area contributed by atoms with E-state index < -0.39 is 17.8 Å². The molecule has 1 heterocycles. The molecule has 29 heavy (non-hydrogen) atoms. The maximum absolute atomic E-state index is 12.2. The zero-order chi connectivity index (χ0) is 20.8. The highest BCUT2D eigenvalue weighted by atomic mass is 16.5. The molecule has 1 aliphatic rings. The van der Waals surface area contributed by atoms with Gasteiger partial charge >= 0.3 is 17.8 Å². The molecule has 1 saturated heterocycles. The van der Waals surface area contributed by atoms with Gasteiger partial charge in [-0.25, -0.2) is 4.79 Å². The number of hydrogen-bond acceptors (Lipinski definition) is 6. The number of piperazine rings is 1. The predicted molar refractivity (Wildman–Crippen MR) is 111 cm³/mol. The molecular weight excluding hydrogens is 372 g/mol. The summed E-state index contributed by atoms with van der Waals surface area (Å²) in [4.78, 5) is 40.8. The van der Waals surface area contributed by atoms with Crippen LogP contribution in [0.5, 0.6) is 0 Å². The third-order valence-electron chi connectivity index (χ3n) is 4.78. The maximum atomic E-state index is 12.2. The van der Waals surface area contributed by atoms with Crippen molar-refractivity contribution in [2.45, 2.75) is 0 Å². The number of ether oxygens (including phenoxy) is 1. The van der Waals surface area contributed by atoms with Crippen LogP contribution in [0.3, 0.4) is 0 Å². The van der Waals surface area contributed by atoms with E-state index in [0.717, 1.165) is 31.9 Å². The van der Waals surface area contributed by atoms with Gasteiger partial charge in [-0.1, -0.05) is 12.1 Å². The summed E-state index contributed by atoms with van der Waals surface area (Å²) in [6.45, 7) is 3.91. The van der Waals surface area contributed by atoms with Crippen molar-refractivity contribution in [3.05, 3.63) is 54.1 Å². The summed E-state index contributed by atoms with van der Waals surface area (Å²) in [5, 5.41) is 5.02. The van der Waals surface area contributed by atoms with Crippen molar-refractivity contribution in [3.8, 4) is 0 Å². The van der Waals surface area contributed by atoms with E-state index in [1.54, 1.807) is 24.3 Å². The monoisotopic (exact) mass is 396 g/mol. The quantitative estimate of drug-likeness (QED) is 0.605. The molecule has 0 aliphatic carbocycles. The molecule has 2 aromatic rings. The average molecular weight is 396 g/mol. The molecule has 1 fully saturated rings. The van der Waals surface area contributed by atoms with E-state index in [1.807, 2.05) is 12.1 Å². The third-order valence-corrected chi connectivity index (χ3v) is 4.78. The number of rotatable bonds is 4. The van der Waals surface area contributed by atoms with Crippen molar-refractivity contribution in [2.75, 3.05) is 55.9 Å². The van der Waals surface area contributed by atoms with Gasteiger partial charge in [0.25, 0.3) is 0 Å². The minimum Gasteiger partial charge on any atom is -0.465 e. The van der Waals surface area contributed by atoms with Gasteiger partial charge < -0.3 is 25.2 Å². The molecule has 152 valence electrons. The molecule has 0 saturated carbocycles. The minimum absolute atomic E-state index is 0.174. The molecule has 1 aliphatic heterocycles. The van der Waals surface area contributed by atoms with E-state index in [1.165, 1.54) is 19.2 Å². The second-order valence-electron chi connectivity index (χ2n) is 6.78. The van der Waals surface area contributed by atoms with Crippen LogP contribution in [0.2, 0.25) is 0 Å². The number of esters is 1. The Morgan fingerprint density at radius 3 is 2.14 bits per heavy atom. The summed E-state index contributed by atoms with van der Waals surface area (Å²) >= 11 is 0. The first-order valence-electron chi connectivity index (χ1n) is 9.31. The Balaban J connectivity index is 1.60. The van der Waals surface area contributed by atoms with Gasteiger partial charge in [0.05, 0.1) is 18.4 Å². The topological polar surface area (TPSA) is 91.0 Å². The fourth-order valence-electron chi connectivity index (χ4n) is 3.07. The Labute approximate surface area is 169 Å². The molecule has 8 heteroatoms. The van der Waals surface area contributed by atoms with E-state index in [9.17, 15) is 14.4 Å². The van der Waals surface area contributed by atoms with Gasteiger partial charge in [-0.2, -0.15) is 0 Å². The van der Waals surface area contributed by atoms with Gasteiger partial charge in [-0.05, 0) is 43.4 Å². The molecule has 2 aromatic carbocycles. The van der Waals surface area contributed by atoms with Crippen LogP contribution >= 0.6 is 0 Å². The van der Waals surface area contributed by atoms with Gasteiger partial charge in [0.15, 0.2) is 0 Å². The first-order valence-corrected chi connectivity index (χ1v) is 9.31. The average Bonchev–Trinajstić information content (AvgIpc) is 2.74. The third kappa shape index (κ3) is 5.11. The number of likely N-dealkylation sites (N-methyl/N-ethyl adjacent to an activating group) is 1. The van der Waals surface area contributed by atoms with Crippen molar-refractivity contribution >= 4 is 34.8 Å². The highest BCUT2D eigenvalue weighted by molar-refractivity contribution is 6.44. The second kappa shape index (κ2) is 9.20. The van der Waals surface area contributed by atoms with E-state index in [2.05, 4.69) is 32.2 Å². The number of nitrogens with zero attached hydrogens (tertiary/aromatic N) is 2. The molecule has 0 unspecified atom stereocenters. The number of amides is 2. The Morgan fingerprint density at radius 2 is 1.48 bits per heavy atom. The lowest BCUT2D eigenvalue weighted by molar-refractivity contribution is -0.133. The fraction of sp³-hybridized carbons (Fsp3) is 0.286. The van der Waals surface area contributed by atoms with Crippen LogP contribution in [0.15, 0.2) is 48.5 Å². The van der Waals surface area contributed by atoms with E-state index in [4.69, 9.17) is 0 Å². The summed E-state index contributed by atoms with van der Waals surface area (Å²) < 4.78 is 4.68. The molecule has 0 atom stereocenters. The second-order valence-corrected chi connectivity index (χ2v) is 6.78. The van der Waals surface area contributed by atoms with E-state index in [0.29, 0.717) is 5.69 Å². The maximum Gasteiger partial charge on any atom is 0.339 e. The zero-order valence-corrected chi connectivity index (χ0v) is 16.5. The van der Waals surface area contributed by atoms with Crippen molar-refractivity contribution in [3.63, 3.8) is 0 Å². The van der Waals surface area contributed by atoms with Crippen LogP contribution in [-0.4, -0.2) is 63.0 Å². The van der Waals surface area contributed by atoms with Crippen LogP contribution in [0, 0.1) is 0 Å². The Morgan fingerprint density at radius 1 is 0.862 bits per heavy atom. The first kappa shape index (κ1) is 20.3. The summed E-state index contributed by atoms with van der Waals surface area (Å²) in [6.07, 6.45) is 0. The van der Waals surface area contributed by atoms with Crippen LogP contribution < -0.4 is 15.5 Å². The van der Waals surface area contributed by atoms with Crippen molar-refractivity contribution in [1.29, 1.82) is 0 Å². The standard InChI is InChI=1S/C21H24N4O4/c1-24-11-13-25(14-12-24)16-9-7-15(8-10-16)22-19(26)20(27)23-18-6-4-3-5-17(18)21(28)29-2/h3-10H,11-14H2,1-2H3,(H,22,26)(H,23,27). The fourth-order valence-corrected chi connectivity index (χ4v) is 3.07. The van der Waals surface area contributed by atoms with Gasteiger partial charge in [-0.15, -0.1) is 0 Å². The summed E-state index contributed by atoms with van der Waals surface area (Å²) in [5.41, 5.74) is 1.98. The van der Waals surface area contributed by atoms with Gasteiger partial charge in [0.2, 0.25) is 0 Å². The highest BCUT2D eigenvalue weighted by Crippen LogP contribution is 2.20. The largest absolute Gasteiger partial charge is 0.465 e. The number of hydrogen-bond donors (Lipinski definition) is 2. The number of carbonyl (C=O) groups excluding carboxylic acids is 3. The van der Waals surface area contributed by atoms with Crippen molar-refractivity contribution in [1.82, 2.24) is 4.90 Å². The Hall–Kier alpha value is -3.39. The molecule has 2 N–H and O–H groups in total. The lowest BCUT2D eigenvalue weighted by atomic mass is 10.2. The lowest BCUT2D eigenvalue weighted by Gasteiger charge is -2.34. The normalized spacial score (nSPS) is 14.2. The molecule has 0 aromatic heterocycles. The minimum atomic E-state index is -0.871. The molecule has 2 amide bonds. The van der Waals surface area contributed by atoms with Gasteiger partial charge in [0.1, 0.15) is 0 Å². The first-order chi connectivity index (χ1) is 14.0. The summed E-state index contributed by atoms with van der Waals surface area (Å²) in [7, 11) is 3.35. The zero-order valence-electron chi connectivity index (χ0n) is 16.5. The Bertz CT molecular complexity index is 890. The molecule has 0 spiro atoms. The molecule has 8 nitrogen and oxygen atoms in total. The number of anilines is 3. The molecule has 0 bridgehead atoms. The van der Waals surface area contributed by atoms with Gasteiger partial charge in [0, 0.05) is 37.6 Å². The lowest BCUT2D eigenvalue weighted by Crippen LogP contribution is -2.44. The van der Waals surface area contributed by atoms with E-state index >= 15 is 0 Å².